The SMILES string of the molecule is C=CCOC(=O)[C@H](CCCCNC(=O)OC(C)(C)C)NCC#N. The molecule has 7 heteroatoms. The molecule has 2 N–H and O–H groups in total. The molecule has 0 unspecified atom stereocenters. The number of hydrogen-bond donors (Lipinski definition) is 2. The Morgan fingerprint density at radius 2 is 2.04 bits per heavy atom. The summed E-state index contributed by atoms with van der Waals surface area (Å²) in [4.78, 5) is 23.3. The first-order valence-electron chi connectivity index (χ1n) is 7.65. The van der Waals surface area contributed by atoms with Gasteiger partial charge in [0.2, 0.25) is 0 Å². The Kier molecular flexibility index (Phi) is 10.5. The van der Waals surface area contributed by atoms with Crippen LogP contribution in [0.3, 0.4) is 0 Å². The Morgan fingerprint density at radius 3 is 2.61 bits per heavy atom. The number of rotatable bonds is 10. The van der Waals surface area contributed by atoms with Crippen LogP contribution in [0.15, 0.2) is 12.7 Å². The quantitative estimate of drug-likeness (QED) is 0.275. The molecule has 0 saturated carbocycles. The summed E-state index contributed by atoms with van der Waals surface area (Å²) >= 11 is 0. The van der Waals surface area contributed by atoms with E-state index in [4.69, 9.17) is 14.7 Å². The minimum Gasteiger partial charge on any atom is -0.460 e. The average molecular weight is 325 g/mol. The summed E-state index contributed by atoms with van der Waals surface area (Å²) in [6, 6.07) is 1.40. The molecule has 0 heterocycles. The van der Waals surface area contributed by atoms with Crippen LogP contribution < -0.4 is 10.6 Å². The van der Waals surface area contributed by atoms with Crippen molar-refractivity contribution < 1.29 is 19.1 Å². The average Bonchev–Trinajstić information content (AvgIpc) is 2.45. The molecule has 0 aromatic heterocycles. The lowest BCUT2D eigenvalue weighted by atomic mass is 10.1. The lowest BCUT2D eigenvalue weighted by Crippen LogP contribution is -2.38. The van der Waals surface area contributed by atoms with Gasteiger partial charge in [0.25, 0.3) is 0 Å². The van der Waals surface area contributed by atoms with E-state index in [9.17, 15) is 9.59 Å². The molecule has 0 aromatic rings. The Bertz CT molecular complexity index is 424. The highest BCUT2D eigenvalue weighted by molar-refractivity contribution is 5.75. The molecular weight excluding hydrogens is 298 g/mol. The number of unbranched alkanes of at least 4 members (excludes halogenated alkanes) is 1. The fraction of sp³-hybridized carbons (Fsp3) is 0.688. The van der Waals surface area contributed by atoms with Gasteiger partial charge in [-0.15, -0.1) is 0 Å². The summed E-state index contributed by atoms with van der Waals surface area (Å²) in [5.41, 5.74) is -0.523. The fourth-order valence-electron chi connectivity index (χ4n) is 1.69. The Hall–Kier alpha value is -2.07. The van der Waals surface area contributed by atoms with E-state index in [0.29, 0.717) is 25.8 Å². The van der Waals surface area contributed by atoms with Gasteiger partial charge < -0.3 is 14.8 Å². The summed E-state index contributed by atoms with van der Waals surface area (Å²) in [5, 5.41) is 14.1. The van der Waals surface area contributed by atoms with Crippen molar-refractivity contribution in [3.63, 3.8) is 0 Å². The van der Waals surface area contributed by atoms with E-state index in [2.05, 4.69) is 17.2 Å². The van der Waals surface area contributed by atoms with E-state index in [1.807, 2.05) is 6.07 Å². The molecule has 0 radical (unpaired) electrons. The molecule has 7 nitrogen and oxygen atoms in total. The van der Waals surface area contributed by atoms with Crippen molar-refractivity contribution in [2.24, 2.45) is 0 Å². The molecule has 0 saturated heterocycles. The zero-order valence-corrected chi connectivity index (χ0v) is 14.2. The fourth-order valence-corrected chi connectivity index (χ4v) is 1.69. The monoisotopic (exact) mass is 325 g/mol. The minimum absolute atomic E-state index is 0.0734. The predicted molar refractivity (Wildman–Crippen MR) is 86.6 cm³/mol. The van der Waals surface area contributed by atoms with Crippen LogP contribution in [0.5, 0.6) is 0 Å². The van der Waals surface area contributed by atoms with Crippen LogP contribution >= 0.6 is 0 Å². The van der Waals surface area contributed by atoms with Crippen LogP contribution in [-0.2, 0) is 14.3 Å². The van der Waals surface area contributed by atoms with Gasteiger partial charge in [0.15, 0.2) is 0 Å². The normalized spacial score (nSPS) is 11.9. The number of nitrogens with one attached hydrogen (secondary N) is 2. The molecule has 1 atom stereocenters. The summed E-state index contributed by atoms with van der Waals surface area (Å²) in [6.07, 6.45) is 2.94. The highest BCUT2D eigenvalue weighted by atomic mass is 16.6. The first kappa shape index (κ1) is 20.9. The second-order valence-corrected chi connectivity index (χ2v) is 5.93. The lowest BCUT2D eigenvalue weighted by Gasteiger charge is -2.19. The van der Waals surface area contributed by atoms with Crippen LogP contribution in [0.2, 0.25) is 0 Å². The Balaban J connectivity index is 4.02. The molecule has 23 heavy (non-hydrogen) atoms. The second kappa shape index (κ2) is 11.5. The van der Waals surface area contributed by atoms with Gasteiger partial charge in [-0.05, 0) is 40.0 Å². The number of amides is 1. The standard InChI is InChI=1S/C16H27N3O4/c1-5-12-22-14(20)13(18-11-9-17)8-6-7-10-19-15(21)23-16(2,3)4/h5,13,18H,1,6-8,10-12H2,2-4H3,(H,19,21)/t13-/m0/s1. The van der Waals surface area contributed by atoms with Gasteiger partial charge in [-0.25, -0.2) is 4.79 Å². The topological polar surface area (TPSA) is 100 Å². The molecule has 1 amide bonds. The molecule has 0 aliphatic rings. The maximum absolute atomic E-state index is 11.8. The van der Waals surface area contributed by atoms with Crippen molar-refractivity contribution >= 4 is 12.1 Å². The first-order chi connectivity index (χ1) is 10.8. The Morgan fingerprint density at radius 1 is 1.35 bits per heavy atom. The molecule has 0 aliphatic heterocycles. The maximum Gasteiger partial charge on any atom is 0.407 e. The third-order valence-corrected chi connectivity index (χ3v) is 2.64. The van der Waals surface area contributed by atoms with Gasteiger partial charge in [0.05, 0.1) is 12.6 Å². The van der Waals surface area contributed by atoms with Gasteiger partial charge in [-0.2, -0.15) is 5.26 Å². The largest absolute Gasteiger partial charge is 0.460 e. The van der Waals surface area contributed by atoms with Crippen molar-refractivity contribution in [2.45, 2.75) is 51.7 Å². The summed E-state index contributed by atoms with van der Waals surface area (Å²) < 4.78 is 10.1. The molecule has 0 aliphatic carbocycles. The highest BCUT2D eigenvalue weighted by Gasteiger charge is 2.19. The van der Waals surface area contributed by atoms with Gasteiger partial charge in [-0.3, -0.25) is 10.1 Å². The second-order valence-electron chi connectivity index (χ2n) is 5.93. The predicted octanol–water partition coefficient (Wildman–Crippen LogP) is 1.89. The molecular formula is C16H27N3O4. The lowest BCUT2D eigenvalue weighted by molar-refractivity contribution is -0.145. The van der Waals surface area contributed by atoms with Gasteiger partial charge in [-0.1, -0.05) is 12.7 Å². The zero-order chi connectivity index (χ0) is 17.7. The van der Waals surface area contributed by atoms with Crippen LogP contribution in [-0.4, -0.2) is 43.4 Å². The van der Waals surface area contributed by atoms with Crippen LogP contribution in [0, 0.1) is 11.3 Å². The smallest absolute Gasteiger partial charge is 0.407 e. The molecule has 0 fully saturated rings. The summed E-state index contributed by atoms with van der Waals surface area (Å²) in [5.74, 6) is -0.403. The number of carbonyl (C=O) groups excluding carboxylic acids is 2. The molecule has 0 bridgehead atoms. The van der Waals surface area contributed by atoms with Crippen molar-refractivity contribution in [1.29, 1.82) is 5.26 Å². The number of hydrogen-bond acceptors (Lipinski definition) is 6. The maximum atomic E-state index is 11.8. The van der Waals surface area contributed by atoms with Gasteiger partial charge in [0, 0.05) is 6.54 Å². The van der Waals surface area contributed by atoms with Crippen molar-refractivity contribution in [3.8, 4) is 6.07 Å². The molecule has 0 spiro atoms. The highest BCUT2D eigenvalue weighted by Crippen LogP contribution is 2.07. The molecule has 0 aromatic carbocycles. The van der Waals surface area contributed by atoms with Gasteiger partial charge >= 0.3 is 12.1 Å². The summed E-state index contributed by atoms with van der Waals surface area (Å²) in [6.45, 7) is 9.55. The van der Waals surface area contributed by atoms with E-state index in [-0.39, 0.29) is 13.2 Å². The summed E-state index contributed by atoms with van der Waals surface area (Å²) in [7, 11) is 0. The number of nitriles is 1. The van der Waals surface area contributed by atoms with Crippen LogP contribution in [0.4, 0.5) is 4.79 Å². The van der Waals surface area contributed by atoms with E-state index in [1.165, 1.54) is 6.08 Å². The third-order valence-electron chi connectivity index (χ3n) is 2.64. The van der Waals surface area contributed by atoms with Crippen molar-refractivity contribution in [1.82, 2.24) is 10.6 Å². The van der Waals surface area contributed by atoms with Crippen LogP contribution in [0.25, 0.3) is 0 Å². The van der Waals surface area contributed by atoms with E-state index in [0.717, 1.165) is 0 Å². The zero-order valence-electron chi connectivity index (χ0n) is 14.2. The molecule has 0 rings (SSSR count). The number of ether oxygens (including phenoxy) is 2. The minimum atomic E-state index is -0.531. The van der Waals surface area contributed by atoms with Gasteiger partial charge in [0.1, 0.15) is 18.2 Å². The third kappa shape index (κ3) is 12.2. The Labute approximate surface area is 138 Å². The van der Waals surface area contributed by atoms with Crippen molar-refractivity contribution in [3.05, 3.63) is 12.7 Å². The number of nitrogens with zero attached hydrogens (tertiary/aromatic N) is 1. The van der Waals surface area contributed by atoms with Crippen LogP contribution in [0.1, 0.15) is 40.0 Å². The van der Waals surface area contributed by atoms with E-state index >= 15 is 0 Å². The van der Waals surface area contributed by atoms with Crippen molar-refractivity contribution in [2.75, 3.05) is 19.7 Å². The number of esters is 1. The van der Waals surface area contributed by atoms with E-state index < -0.39 is 23.7 Å². The number of carbonyl (C=O) groups is 2. The molecule has 130 valence electrons. The first-order valence-corrected chi connectivity index (χ1v) is 7.65. The van der Waals surface area contributed by atoms with E-state index in [1.54, 1.807) is 20.8 Å². The number of alkyl carbamates (subject to hydrolysis) is 1.